The van der Waals surface area contributed by atoms with E-state index in [-0.39, 0.29) is 5.78 Å². The number of hydrogen-bond acceptors (Lipinski definition) is 4. The van der Waals surface area contributed by atoms with Crippen LogP contribution in [0.4, 0.5) is 5.69 Å². The molecule has 0 saturated heterocycles. The van der Waals surface area contributed by atoms with Gasteiger partial charge in [-0.1, -0.05) is 17.3 Å². The fourth-order valence-electron chi connectivity index (χ4n) is 1.89. The summed E-state index contributed by atoms with van der Waals surface area (Å²) in [6, 6.07) is 6.95. The van der Waals surface area contributed by atoms with Crippen LogP contribution < -0.4 is 5.73 Å². The van der Waals surface area contributed by atoms with Crippen molar-refractivity contribution in [2.24, 2.45) is 0 Å². The van der Waals surface area contributed by atoms with Gasteiger partial charge in [0.1, 0.15) is 0 Å². The van der Waals surface area contributed by atoms with Crippen LogP contribution in [0.15, 0.2) is 35.0 Å². The highest BCUT2D eigenvalue weighted by Crippen LogP contribution is 2.42. The number of anilines is 1. The number of benzene rings is 1. The number of nitrogens with two attached hydrogens (primary N) is 1. The summed E-state index contributed by atoms with van der Waals surface area (Å²) in [6.45, 7) is 0. The first-order valence-corrected chi connectivity index (χ1v) is 5.60. The van der Waals surface area contributed by atoms with Crippen LogP contribution in [0.2, 0.25) is 0 Å². The van der Waals surface area contributed by atoms with Crippen LogP contribution in [-0.2, 0) is 0 Å². The van der Waals surface area contributed by atoms with Crippen molar-refractivity contribution >= 4 is 11.5 Å². The molecule has 1 saturated carbocycles. The molecular formula is C13H12N2O2. The van der Waals surface area contributed by atoms with E-state index in [2.05, 4.69) is 5.16 Å². The van der Waals surface area contributed by atoms with Gasteiger partial charge in [0, 0.05) is 17.2 Å². The number of nitrogen functional groups attached to an aromatic ring is 1. The van der Waals surface area contributed by atoms with Crippen LogP contribution in [0.3, 0.4) is 0 Å². The molecule has 1 aliphatic carbocycles. The van der Waals surface area contributed by atoms with E-state index in [1.807, 2.05) is 0 Å². The molecule has 1 aliphatic rings. The third-order valence-electron chi connectivity index (χ3n) is 2.94. The van der Waals surface area contributed by atoms with Gasteiger partial charge in [-0.3, -0.25) is 4.79 Å². The van der Waals surface area contributed by atoms with Crippen molar-refractivity contribution < 1.29 is 9.32 Å². The van der Waals surface area contributed by atoms with Crippen LogP contribution in [0.5, 0.6) is 0 Å². The van der Waals surface area contributed by atoms with Crippen LogP contribution in [0, 0.1) is 0 Å². The van der Waals surface area contributed by atoms with E-state index < -0.39 is 0 Å². The molecule has 1 aromatic carbocycles. The molecule has 3 rings (SSSR count). The number of nitrogens with zero attached hydrogens (tertiary/aromatic N) is 1. The Bertz CT molecular complexity index is 570. The van der Waals surface area contributed by atoms with Gasteiger partial charge in [0.25, 0.3) is 0 Å². The number of carbonyl (C=O) groups excluding carboxylic acids is 1. The molecule has 0 amide bonds. The summed E-state index contributed by atoms with van der Waals surface area (Å²) in [4.78, 5) is 12.3. The zero-order valence-corrected chi connectivity index (χ0v) is 9.22. The number of rotatable bonds is 3. The Morgan fingerprint density at radius 1 is 1.41 bits per heavy atom. The molecule has 2 N–H and O–H groups in total. The third kappa shape index (κ3) is 1.82. The highest BCUT2D eigenvalue weighted by molar-refractivity contribution is 6.09. The summed E-state index contributed by atoms with van der Waals surface area (Å²) in [5.41, 5.74) is 7.40. The number of aromatic nitrogens is 1. The molecule has 17 heavy (non-hydrogen) atoms. The first-order valence-electron chi connectivity index (χ1n) is 5.60. The van der Waals surface area contributed by atoms with Crippen LogP contribution in [0.25, 0.3) is 0 Å². The normalized spacial score (nSPS) is 14.8. The fraction of sp³-hybridized carbons (Fsp3) is 0.231. The Kier molecular flexibility index (Phi) is 2.21. The van der Waals surface area contributed by atoms with Gasteiger partial charge in [-0.25, -0.2) is 0 Å². The van der Waals surface area contributed by atoms with E-state index in [9.17, 15) is 4.79 Å². The zero-order valence-electron chi connectivity index (χ0n) is 9.22. The minimum absolute atomic E-state index is 0.0690. The number of carbonyl (C=O) groups is 1. The summed E-state index contributed by atoms with van der Waals surface area (Å²) in [5.74, 6) is 1.02. The SMILES string of the molecule is Nc1cccc(C(=O)c2cnoc2C2CC2)c1. The summed E-state index contributed by atoms with van der Waals surface area (Å²) >= 11 is 0. The second kappa shape index (κ2) is 3.73. The average molecular weight is 228 g/mol. The third-order valence-corrected chi connectivity index (χ3v) is 2.94. The predicted molar refractivity (Wildman–Crippen MR) is 62.8 cm³/mol. The Labute approximate surface area is 98.4 Å². The maximum atomic E-state index is 12.3. The molecule has 0 atom stereocenters. The maximum absolute atomic E-state index is 12.3. The first kappa shape index (κ1) is 10.1. The molecule has 2 aromatic rings. The Balaban J connectivity index is 1.98. The van der Waals surface area contributed by atoms with Crippen molar-refractivity contribution in [3.63, 3.8) is 0 Å². The average Bonchev–Trinajstić information content (AvgIpc) is 3.06. The van der Waals surface area contributed by atoms with Gasteiger partial charge in [-0.05, 0) is 25.0 Å². The maximum Gasteiger partial charge on any atom is 0.198 e. The van der Waals surface area contributed by atoms with Crippen molar-refractivity contribution in [1.82, 2.24) is 5.16 Å². The number of hydrogen-bond donors (Lipinski definition) is 1. The van der Waals surface area contributed by atoms with Crippen molar-refractivity contribution in [3.05, 3.63) is 47.3 Å². The van der Waals surface area contributed by atoms with Gasteiger partial charge in [-0.15, -0.1) is 0 Å². The summed E-state index contributed by atoms with van der Waals surface area (Å²) in [5, 5.41) is 3.73. The second-order valence-electron chi connectivity index (χ2n) is 4.33. The topological polar surface area (TPSA) is 69.1 Å². The smallest absolute Gasteiger partial charge is 0.198 e. The Hall–Kier alpha value is -2.10. The largest absolute Gasteiger partial charge is 0.399 e. The molecule has 86 valence electrons. The molecule has 1 fully saturated rings. The summed E-state index contributed by atoms with van der Waals surface area (Å²) < 4.78 is 5.16. The van der Waals surface area contributed by atoms with Gasteiger partial charge in [0.2, 0.25) is 0 Å². The molecule has 0 aliphatic heterocycles. The van der Waals surface area contributed by atoms with E-state index in [4.69, 9.17) is 10.3 Å². The number of ketones is 1. The monoisotopic (exact) mass is 228 g/mol. The molecule has 4 nitrogen and oxygen atoms in total. The van der Waals surface area contributed by atoms with Crippen molar-refractivity contribution in [2.75, 3.05) is 5.73 Å². The van der Waals surface area contributed by atoms with Gasteiger partial charge >= 0.3 is 0 Å². The summed E-state index contributed by atoms with van der Waals surface area (Å²) in [7, 11) is 0. The Morgan fingerprint density at radius 2 is 2.24 bits per heavy atom. The quantitative estimate of drug-likeness (QED) is 0.646. The molecule has 0 bridgehead atoms. The summed E-state index contributed by atoms with van der Waals surface area (Å²) in [6.07, 6.45) is 3.65. The van der Waals surface area contributed by atoms with Crippen LogP contribution >= 0.6 is 0 Å². The van der Waals surface area contributed by atoms with Crippen molar-refractivity contribution in [3.8, 4) is 0 Å². The molecule has 1 heterocycles. The second-order valence-corrected chi connectivity index (χ2v) is 4.33. The lowest BCUT2D eigenvalue weighted by Crippen LogP contribution is -2.03. The predicted octanol–water partition coefficient (Wildman–Crippen LogP) is 2.37. The lowest BCUT2D eigenvalue weighted by Gasteiger charge is -2.01. The van der Waals surface area contributed by atoms with E-state index in [1.54, 1.807) is 24.3 Å². The van der Waals surface area contributed by atoms with E-state index in [0.29, 0.717) is 22.7 Å². The highest BCUT2D eigenvalue weighted by Gasteiger charge is 2.32. The minimum Gasteiger partial charge on any atom is -0.399 e. The van der Waals surface area contributed by atoms with E-state index in [1.165, 1.54) is 6.20 Å². The molecule has 4 heteroatoms. The van der Waals surface area contributed by atoms with Gasteiger partial charge in [0.15, 0.2) is 11.5 Å². The van der Waals surface area contributed by atoms with Crippen molar-refractivity contribution in [1.29, 1.82) is 0 Å². The van der Waals surface area contributed by atoms with Crippen LogP contribution in [0.1, 0.15) is 40.4 Å². The molecule has 0 radical (unpaired) electrons. The van der Waals surface area contributed by atoms with Gasteiger partial charge in [-0.2, -0.15) is 0 Å². The molecular weight excluding hydrogens is 216 g/mol. The minimum atomic E-state index is -0.0690. The van der Waals surface area contributed by atoms with Gasteiger partial charge < -0.3 is 10.3 Å². The molecule has 1 aromatic heterocycles. The Morgan fingerprint density at radius 3 is 2.94 bits per heavy atom. The molecule has 0 unspecified atom stereocenters. The standard InChI is InChI=1S/C13H12N2O2/c14-10-3-1-2-9(6-10)12(16)11-7-15-17-13(11)8-4-5-8/h1-3,6-8H,4-5,14H2. The van der Waals surface area contributed by atoms with Crippen LogP contribution in [-0.4, -0.2) is 10.9 Å². The first-order chi connectivity index (χ1) is 8.25. The fourth-order valence-corrected chi connectivity index (χ4v) is 1.89. The van der Waals surface area contributed by atoms with Gasteiger partial charge in [0.05, 0.1) is 11.8 Å². The zero-order chi connectivity index (χ0) is 11.8. The molecule has 0 spiro atoms. The van der Waals surface area contributed by atoms with E-state index >= 15 is 0 Å². The lowest BCUT2D eigenvalue weighted by atomic mass is 10.0. The van der Waals surface area contributed by atoms with Crippen molar-refractivity contribution in [2.45, 2.75) is 18.8 Å². The highest BCUT2D eigenvalue weighted by atomic mass is 16.5. The van der Waals surface area contributed by atoms with E-state index in [0.717, 1.165) is 18.6 Å². The lowest BCUT2D eigenvalue weighted by molar-refractivity contribution is 0.103.